The maximum Gasteiger partial charge on any atom is 0.220 e. The molecular formula is C14H27N5O2. The summed E-state index contributed by atoms with van der Waals surface area (Å²) in [5.41, 5.74) is 6.44. The van der Waals surface area contributed by atoms with Gasteiger partial charge in [-0.25, -0.2) is 0 Å². The quantitative estimate of drug-likeness (QED) is 0.479. The number of carbonyl (C=O) groups excluding carboxylic acids is 1. The Balaban J connectivity index is 2.10. The van der Waals surface area contributed by atoms with Crippen LogP contribution < -0.4 is 11.1 Å². The second-order valence-corrected chi connectivity index (χ2v) is 5.10. The van der Waals surface area contributed by atoms with E-state index < -0.39 is 0 Å². The standard InChI is InChI=1S/C14H27N5O2/c15-8-2-1-6-13-12-19(18-17-13)10-5-7-14(21)16-9-3-4-11-20/h12,20H,1-11,15H2,(H,16,21). The fourth-order valence-electron chi connectivity index (χ4n) is 1.97. The van der Waals surface area contributed by atoms with Gasteiger partial charge >= 0.3 is 0 Å². The highest BCUT2D eigenvalue weighted by atomic mass is 16.2. The minimum Gasteiger partial charge on any atom is -0.396 e. The number of carbonyl (C=O) groups is 1. The molecule has 0 aliphatic heterocycles. The number of nitrogens with zero attached hydrogens (tertiary/aromatic N) is 3. The average Bonchev–Trinajstić information content (AvgIpc) is 2.92. The molecule has 0 unspecified atom stereocenters. The SMILES string of the molecule is NCCCCc1cn(CCCC(=O)NCCCCO)nn1. The molecule has 0 fully saturated rings. The van der Waals surface area contributed by atoms with Gasteiger partial charge in [-0.05, 0) is 45.1 Å². The minimum absolute atomic E-state index is 0.0521. The molecule has 120 valence electrons. The lowest BCUT2D eigenvalue weighted by Gasteiger charge is -2.04. The fourth-order valence-corrected chi connectivity index (χ4v) is 1.97. The zero-order chi connectivity index (χ0) is 15.3. The van der Waals surface area contributed by atoms with Gasteiger partial charge in [-0.2, -0.15) is 0 Å². The molecule has 0 aromatic carbocycles. The Bertz CT molecular complexity index is 394. The number of aromatic nitrogens is 3. The Kier molecular flexibility index (Phi) is 9.39. The number of hydrogen-bond acceptors (Lipinski definition) is 5. The molecule has 0 aliphatic rings. The molecule has 0 bridgehead atoms. The first-order valence-electron chi connectivity index (χ1n) is 7.73. The number of nitrogens with one attached hydrogen (secondary N) is 1. The summed E-state index contributed by atoms with van der Waals surface area (Å²) >= 11 is 0. The van der Waals surface area contributed by atoms with Gasteiger partial charge in [-0.1, -0.05) is 5.21 Å². The smallest absolute Gasteiger partial charge is 0.220 e. The van der Waals surface area contributed by atoms with Crippen LogP contribution in [0.3, 0.4) is 0 Å². The van der Waals surface area contributed by atoms with E-state index in [9.17, 15) is 4.79 Å². The van der Waals surface area contributed by atoms with Crippen molar-refractivity contribution in [1.29, 1.82) is 0 Å². The number of aliphatic hydroxyl groups is 1. The zero-order valence-corrected chi connectivity index (χ0v) is 12.6. The van der Waals surface area contributed by atoms with Gasteiger partial charge in [0.2, 0.25) is 5.91 Å². The normalized spacial score (nSPS) is 10.8. The Hall–Kier alpha value is -1.47. The van der Waals surface area contributed by atoms with E-state index in [1.165, 1.54) is 0 Å². The highest BCUT2D eigenvalue weighted by molar-refractivity contribution is 5.75. The molecule has 0 saturated carbocycles. The molecule has 0 aliphatic carbocycles. The zero-order valence-electron chi connectivity index (χ0n) is 12.6. The Morgan fingerprint density at radius 1 is 1.29 bits per heavy atom. The van der Waals surface area contributed by atoms with Crippen LogP contribution >= 0.6 is 0 Å². The van der Waals surface area contributed by atoms with Crippen molar-refractivity contribution in [3.63, 3.8) is 0 Å². The number of hydrogen-bond donors (Lipinski definition) is 3. The third-order valence-corrected chi connectivity index (χ3v) is 3.17. The summed E-state index contributed by atoms with van der Waals surface area (Å²) in [4.78, 5) is 11.5. The number of aliphatic hydroxyl groups excluding tert-OH is 1. The summed E-state index contributed by atoms with van der Waals surface area (Å²) in [6, 6.07) is 0. The monoisotopic (exact) mass is 297 g/mol. The molecule has 7 heteroatoms. The third kappa shape index (κ3) is 8.41. The van der Waals surface area contributed by atoms with Gasteiger partial charge in [0.1, 0.15) is 0 Å². The largest absolute Gasteiger partial charge is 0.396 e. The number of aryl methyl sites for hydroxylation is 2. The first kappa shape index (κ1) is 17.6. The van der Waals surface area contributed by atoms with Crippen molar-refractivity contribution in [3.05, 3.63) is 11.9 Å². The number of amides is 1. The molecule has 0 saturated heterocycles. The summed E-state index contributed by atoms with van der Waals surface area (Å²) in [5.74, 6) is 0.0521. The van der Waals surface area contributed by atoms with Crippen molar-refractivity contribution in [2.45, 2.75) is 51.5 Å². The van der Waals surface area contributed by atoms with Crippen LogP contribution in [0.2, 0.25) is 0 Å². The van der Waals surface area contributed by atoms with Crippen LogP contribution in [0.5, 0.6) is 0 Å². The second kappa shape index (κ2) is 11.2. The summed E-state index contributed by atoms with van der Waals surface area (Å²) in [6.07, 6.45) is 7.66. The van der Waals surface area contributed by atoms with Crippen molar-refractivity contribution in [3.8, 4) is 0 Å². The van der Waals surface area contributed by atoms with Crippen LogP contribution in [0.15, 0.2) is 6.20 Å². The van der Waals surface area contributed by atoms with E-state index in [0.717, 1.165) is 44.2 Å². The molecule has 4 N–H and O–H groups in total. The van der Waals surface area contributed by atoms with Crippen LogP contribution in [0.4, 0.5) is 0 Å². The van der Waals surface area contributed by atoms with Crippen LogP contribution in [0.25, 0.3) is 0 Å². The van der Waals surface area contributed by atoms with E-state index in [4.69, 9.17) is 10.8 Å². The highest BCUT2D eigenvalue weighted by Crippen LogP contribution is 2.02. The average molecular weight is 297 g/mol. The maximum atomic E-state index is 11.5. The molecule has 1 amide bonds. The molecule has 0 spiro atoms. The van der Waals surface area contributed by atoms with Gasteiger partial charge in [0, 0.05) is 32.3 Å². The second-order valence-electron chi connectivity index (χ2n) is 5.10. The van der Waals surface area contributed by atoms with Gasteiger partial charge in [-0.15, -0.1) is 5.10 Å². The lowest BCUT2D eigenvalue weighted by molar-refractivity contribution is -0.121. The predicted octanol–water partition coefficient (Wildman–Crippen LogP) is 0.228. The van der Waals surface area contributed by atoms with E-state index in [1.807, 2.05) is 6.20 Å². The van der Waals surface area contributed by atoms with Crippen molar-refractivity contribution >= 4 is 5.91 Å². The maximum absolute atomic E-state index is 11.5. The molecule has 1 heterocycles. The number of unbranched alkanes of at least 4 members (excludes halogenated alkanes) is 2. The Morgan fingerprint density at radius 3 is 2.90 bits per heavy atom. The molecule has 7 nitrogen and oxygen atoms in total. The molecule has 21 heavy (non-hydrogen) atoms. The first-order valence-corrected chi connectivity index (χ1v) is 7.73. The van der Waals surface area contributed by atoms with Gasteiger partial charge in [-0.3, -0.25) is 9.48 Å². The van der Waals surface area contributed by atoms with E-state index in [-0.39, 0.29) is 12.5 Å². The van der Waals surface area contributed by atoms with E-state index in [0.29, 0.717) is 26.1 Å². The Labute approximate surface area is 125 Å². The van der Waals surface area contributed by atoms with Gasteiger partial charge in [0.05, 0.1) is 5.69 Å². The lowest BCUT2D eigenvalue weighted by atomic mass is 10.2. The van der Waals surface area contributed by atoms with Gasteiger partial charge in [0.25, 0.3) is 0 Å². The van der Waals surface area contributed by atoms with Crippen LogP contribution in [-0.4, -0.2) is 45.7 Å². The van der Waals surface area contributed by atoms with Crippen molar-refractivity contribution in [2.75, 3.05) is 19.7 Å². The fraction of sp³-hybridized carbons (Fsp3) is 0.786. The molecule has 0 atom stereocenters. The lowest BCUT2D eigenvalue weighted by Crippen LogP contribution is -2.24. The Morgan fingerprint density at radius 2 is 2.14 bits per heavy atom. The van der Waals surface area contributed by atoms with Crippen molar-refractivity contribution < 1.29 is 9.90 Å². The van der Waals surface area contributed by atoms with Crippen LogP contribution in [0.1, 0.15) is 44.2 Å². The summed E-state index contributed by atoms with van der Waals surface area (Å²) < 4.78 is 1.79. The molecular weight excluding hydrogens is 270 g/mol. The van der Waals surface area contributed by atoms with Crippen LogP contribution in [0, 0.1) is 0 Å². The summed E-state index contributed by atoms with van der Waals surface area (Å²) in [7, 11) is 0. The topological polar surface area (TPSA) is 106 Å². The predicted molar refractivity (Wildman–Crippen MR) is 80.6 cm³/mol. The van der Waals surface area contributed by atoms with Gasteiger partial charge in [0.15, 0.2) is 0 Å². The molecule has 1 aromatic heterocycles. The van der Waals surface area contributed by atoms with E-state index in [2.05, 4.69) is 15.6 Å². The number of nitrogens with two attached hydrogens (primary N) is 1. The molecule has 1 rings (SSSR count). The summed E-state index contributed by atoms with van der Waals surface area (Å²) in [5, 5.41) is 19.6. The van der Waals surface area contributed by atoms with E-state index in [1.54, 1.807) is 4.68 Å². The van der Waals surface area contributed by atoms with Crippen molar-refractivity contribution in [2.24, 2.45) is 5.73 Å². The number of rotatable bonds is 12. The van der Waals surface area contributed by atoms with E-state index >= 15 is 0 Å². The minimum atomic E-state index is 0.0521. The highest BCUT2D eigenvalue weighted by Gasteiger charge is 2.03. The molecule has 1 aromatic rings. The van der Waals surface area contributed by atoms with Crippen LogP contribution in [-0.2, 0) is 17.8 Å². The third-order valence-electron chi connectivity index (χ3n) is 3.17. The van der Waals surface area contributed by atoms with Gasteiger partial charge < -0.3 is 16.2 Å². The molecule has 0 radical (unpaired) electrons. The summed E-state index contributed by atoms with van der Waals surface area (Å²) in [6.45, 7) is 2.22. The van der Waals surface area contributed by atoms with Crippen molar-refractivity contribution in [1.82, 2.24) is 20.3 Å². The first-order chi connectivity index (χ1) is 10.3.